The molecule has 1 aromatic rings. The fourth-order valence-corrected chi connectivity index (χ4v) is 4.18. The Hall–Kier alpha value is -0.920. The highest BCUT2D eigenvalue weighted by Crippen LogP contribution is 2.26. The highest BCUT2D eigenvalue weighted by atomic mass is 32.2. The molecule has 6 nitrogen and oxygen atoms in total. The van der Waals surface area contributed by atoms with Crippen molar-refractivity contribution >= 4 is 10.0 Å². The highest BCUT2D eigenvalue weighted by Gasteiger charge is 2.24. The van der Waals surface area contributed by atoms with Crippen molar-refractivity contribution < 1.29 is 17.7 Å². The fraction of sp³-hybridized carbons (Fsp3) is 0.786. The van der Waals surface area contributed by atoms with Crippen LogP contribution in [0.3, 0.4) is 0 Å². The van der Waals surface area contributed by atoms with Gasteiger partial charge in [0.15, 0.2) is 5.76 Å². The minimum absolute atomic E-state index is 0.133. The van der Waals surface area contributed by atoms with Crippen LogP contribution in [0.5, 0.6) is 0 Å². The molecule has 0 spiro atoms. The topological polar surface area (TPSA) is 81.4 Å². The van der Waals surface area contributed by atoms with Crippen molar-refractivity contribution in [3.05, 3.63) is 11.5 Å². The van der Waals surface area contributed by atoms with Crippen LogP contribution in [-0.2, 0) is 14.8 Å². The van der Waals surface area contributed by atoms with Gasteiger partial charge in [-0.15, -0.1) is 0 Å². The summed E-state index contributed by atoms with van der Waals surface area (Å²) in [6, 6.07) is 0. The second kappa shape index (κ2) is 6.89. The van der Waals surface area contributed by atoms with E-state index in [1.165, 1.54) is 19.3 Å². The predicted octanol–water partition coefficient (Wildman–Crippen LogP) is 2.17. The molecular weight excluding hydrogens is 292 g/mol. The lowest BCUT2D eigenvalue weighted by atomic mass is 9.88. The smallest absolute Gasteiger partial charge is 0.246 e. The van der Waals surface area contributed by atoms with Crippen LogP contribution in [-0.4, -0.2) is 32.8 Å². The first kappa shape index (κ1) is 16.5. The molecule has 1 heterocycles. The first-order valence-corrected chi connectivity index (χ1v) is 8.94. The molecule has 0 bridgehead atoms. The van der Waals surface area contributed by atoms with Gasteiger partial charge in [0.05, 0.1) is 12.7 Å². The maximum Gasteiger partial charge on any atom is 0.246 e. The van der Waals surface area contributed by atoms with Gasteiger partial charge in [-0.05, 0) is 32.6 Å². The van der Waals surface area contributed by atoms with Gasteiger partial charge >= 0.3 is 0 Å². The Morgan fingerprint density at radius 1 is 1.33 bits per heavy atom. The SMILES string of the molecule is Cc1noc(C)c1S(=O)(=O)NCCOC1CCCCC1C. The van der Waals surface area contributed by atoms with Crippen molar-refractivity contribution in [2.75, 3.05) is 13.2 Å². The van der Waals surface area contributed by atoms with Gasteiger partial charge in [0.1, 0.15) is 10.6 Å². The first-order valence-electron chi connectivity index (χ1n) is 7.46. The zero-order valence-corrected chi connectivity index (χ0v) is 13.7. The van der Waals surface area contributed by atoms with Crippen LogP contribution in [0.1, 0.15) is 44.1 Å². The molecule has 1 saturated carbocycles. The third kappa shape index (κ3) is 4.05. The van der Waals surface area contributed by atoms with E-state index < -0.39 is 10.0 Å². The van der Waals surface area contributed by atoms with Crippen molar-refractivity contribution in [2.24, 2.45) is 5.92 Å². The van der Waals surface area contributed by atoms with Gasteiger partial charge in [-0.3, -0.25) is 0 Å². The molecule has 0 aromatic carbocycles. The quantitative estimate of drug-likeness (QED) is 0.813. The Bertz CT molecular complexity index is 548. The molecule has 1 N–H and O–H groups in total. The first-order chi connectivity index (χ1) is 9.92. The van der Waals surface area contributed by atoms with Crippen molar-refractivity contribution in [3.8, 4) is 0 Å². The van der Waals surface area contributed by atoms with Crippen molar-refractivity contribution in [1.82, 2.24) is 9.88 Å². The van der Waals surface area contributed by atoms with E-state index >= 15 is 0 Å². The molecule has 0 amide bonds. The molecule has 2 atom stereocenters. The number of ether oxygens (including phenoxy) is 1. The van der Waals surface area contributed by atoms with Crippen molar-refractivity contribution in [2.45, 2.75) is 57.5 Å². The molecular formula is C14H24N2O4S. The molecule has 1 aliphatic carbocycles. The predicted molar refractivity (Wildman–Crippen MR) is 78.5 cm³/mol. The lowest BCUT2D eigenvalue weighted by Gasteiger charge is -2.28. The van der Waals surface area contributed by atoms with Gasteiger partial charge in [0, 0.05) is 6.54 Å². The molecule has 1 aliphatic rings. The average Bonchev–Trinajstić information content (AvgIpc) is 2.77. The number of hydrogen-bond donors (Lipinski definition) is 1. The van der Waals surface area contributed by atoms with Gasteiger partial charge in [-0.2, -0.15) is 0 Å². The maximum atomic E-state index is 12.2. The minimum atomic E-state index is -3.58. The summed E-state index contributed by atoms with van der Waals surface area (Å²) in [6.45, 7) is 6.05. The lowest BCUT2D eigenvalue weighted by molar-refractivity contribution is -0.00177. The van der Waals surface area contributed by atoms with Gasteiger partial charge in [0.25, 0.3) is 0 Å². The molecule has 1 aromatic heterocycles. The van der Waals surface area contributed by atoms with Crippen LogP contribution in [0.15, 0.2) is 9.42 Å². The Morgan fingerprint density at radius 3 is 2.67 bits per heavy atom. The van der Waals surface area contributed by atoms with Gasteiger partial charge in [-0.1, -0.05) is 24.9 Å². The molecule has 120 valence electrons. The zero-order chi connectivity index (χ0) is 15.5. The van der Waals surface area contributed by atoms with E-state index in [9.17, 15) is 8.42 Å². The number of nitrogens with one attached hydrogen (secondary N) is 1. The fourth-order valence-electron chi connectivity index (χ4n) is 2.85. The second-order valence-electron chi connectivity index (χ2n) is 5.72. The molecule has 0 aliphatic heterocycles. The van der Waals surface area contributed by atoms with Crippen molar-refractivity contribution in [1.29, 1.82) is 0 Å². The monoisotopic (exact) mass is 316 g/mol. The zero-order valence-electron chi connectivity index (χ0n) is 12.9. The molecule has 21 heavy (non-hydrogen) atoms. The highest BCUT2D eigenvalue weighted by molar-refractivity contribution is 7.89. The number of rotatable bonds is 6. The molecule has 1 fully saturated rings. The lowest BCUT2D eigenvalue weighted by Crippen LogP contribution is -2.32. The van der Waals surface area contributed by atoms with Crippen LogP contribution < -0.4 is 4.72 Å². The van der Waals surface area contributed by atoms with Crippen LogP contribution >= 0.6 is 0 Å². The number of nitrogens with zero attached hydrogens (tertiary/aromatic N) is 1. The Balaban J connectivity index is 1.83. The summed E-state index contributed by atoms with van der Waals surface area (Å²) in [5, 5.41) is 3.67. The maximum absolute atomic E-state index is 12.2. The summed E-state index contributed by atoms with van der Waals surface area (Å²) in [4.78, 5) is 0.133. The summed E-state index contributed by atoms with van der Waals surface area (Å²) in [7, 11) is -3.58. The van der Waals surface area contributed by atoms with E-state index in [0.29, 0.717) is 24.0 Å². The number of sulfonamides is 1. The van der Waals surface area contributed by atoms with Crippen LogP contribution in [0.4, 0.5) is 0 Å². The second-order valence-corrected chi connectivity index (χ2v) is 7.43. The van der Waals surface area contributed by atoms with Gasteiger partial charge in [-0.25, -0.2) is 13.1 Å². The number of hydrogen-bond acceptors (Lipinski definition) is 5. The summed E-state index contributed by atoms with van der Waals surface area (Å²) in [5.74, 6) is 0.861. The molecule has 2 unspecified atom stereocenters. The largest absolute Gasteiger partial charge is 0.377 e. The summed E-state index contributed by atoms with van der Waals surface area (Å²) >= 11 is 0. The average molecular weight is 316 g/mol. The summed E-state index contributed by atoms with van der Waals surface area (Å²) < 4.78 is 37.6. The van der Waals surface area contributed by atoms with Crippen LogP contribution in [0.25, 0.3) is 0 Å². The van der Waals surface area contributed by atoms with E-state index in [-0.39, 0.29) is 17.5 Å². The van der Waals surface area contributed by atoms with E-state index in [1.54, 1.807) is 13.8 Å². The van der Waals surface area contributed by atoms with Gasteiger partial charge < -0.3 is 9.26 Å². The standard InChI is InChI=1S/C14H24N2O4S/c1-10-6-4-5-7-13(10)19-9-8-15-21(17,18)14-11(2)16-20-12(14)3/h10,13,15H,4-9H2,1-3H3. The Kier molecular flexibility index (Phi) is 5.40. The normalized spacial score (nSPS) is 23.4. The van der Waals surface area contributed by atoms with E-state index in [1.807, 2.05) is 0 Å². The Labute approximate surface area is 126 Å². The molecule has 0 saturated heterocycles. The Morgan fingerprint density at radius 2 is 2.05 bits per heavy atom. The summed E-state index contributed by atoms with van der Waals surface area (Å²) in [5.41, 5.74) is 0.377. The molecule has 0 radical (unpaired) electrons. The van der Waals surface area contributed by atoms with E-state index in [4.69, 9.17) is 9.26 Å². The minimum Gasteiger partial charge on any atom is -0.377 e. The van der Waals surface area contributed by atoms with Crippen LogP contribution in [0.2, 0.25) is 0 Å². The molecule has 2 rings (SSSR count). The third-order valence-corrected chi connectivity index (χ3v) is 5.70. The van der Waals surface area contributed by atoms with Crippen LogP contribution in [0, 0.1) is 19.8 Å². The number of aryl methyl sites for hydroxylation is 2. The van der Waals surface area contributed by atoms with E-state index in [0.717, 1.165) is 6.42 Å². The molecule has 7 heteroatoms. The summed E-state index contributed by atoms with van der Waals surface area (Å²) in [6.07, 6.45) is 4.97. The van der Waals surface area contributed by atoms with Crippen molar-refractivity contribution in [3.63, 3.8) is 0 Å². The number of aromatic nitrogens is 1. The van der Waals surface area contributed by atoms with Gasteiger partial charge in [0.2, 0.25) is 10.0 Å². The third-order valence-electron chi connectivity index (χ3n) is 4.00. The van der Waals surface area contributed by atoms with E-state index in [2.05, 4.69) is 16.8 Å².